The van der Waals surface area contributed by atoms with Crippen molar-refractivity contribution >= 4 is 0 Å². The van der Waals surface area contributed by atoms with Crippen LogP contribution in [-0.4, -0.2) is 43.4 Å². The summed E-state index contributed by atoms with van der Waals surface area (Å²) in [5.41, 5.74) is 0. The first-order valence-electron chi connectivity index (χ1n) is 4.08. The Labute approximate surface area is 66.7 Å². The van der Waals surface area contributed by atoms with Gasteiger partial charge in [0.15, 0.2) is 0 Å². The van der Waals surface area contributed by atoms with E-state index in [9.17, 15) is 0 Å². The molecule has 3 unspecified atom stereocenters. The Morgan fingerprint density at radius 1 is 1.55 bits per heavy atom. The summed E-state index contributed by atoms with van der Waals surface area (Å²) in [7, 11) is 1.77. The van der Waals surface area contributed by atoms with Gasteiger partial charge in [-0.2, -0.15) is 0 Å². The molecule has 2 aliphatic rings. The van der Waals surface area contributed by atoms with E-state index < -0.39 is 0 Å². The average Bonchev–Trinajstić information content (AvgIpc) is 2.25. The Balaban J connectivity index is 2.02. The van der Waals surface area contributed by atoms with Gasteiger partial charge in [-0.15, -0.1) is 0 Å². The number of hydrogen-bond acceptors (Lipinski definition) is 4. The molecule has 0 amide bonds. The molecule has 4 nitrogen and oxygen atoms in total. The lowest BCUT2D eigenvalue weighted by atomic mass is 10.2. The van der Waals surface area contributed by atoms with E-state index >= 15 is 0 Å². The quantitative estimate of drug-likeness (QED) is 0.475. The van der Waals surface area contributed by atoms with Gasteiger partial charge in [0.2, 0.25) is 0 Å². The van der Waals surface area contributed by atoms with Crippen molar-refractivity contribution in [1.82, 2.24) is 10.3 Å². The number of nitrogens with two attached hydrogens (primary N) is 1. The lowest BCUT2D eigenvalue weighted by molar-refractivity contribution is 0.0811. The summed E-state index contributed by atoms with van der Waals surface area (Å²) < 4.78 is 5.33. The predicted molar refractivity (Wildman–Crippen MR) is 41.9 cm³/mol. The van der Waals surface area contributed by atoms with Gasteiger partial charge in [-0.3, -0.25) is 5.84 Å². The molecule has 3 atom stereocenters. The van der Waals surface area contributed by atoms with Crippen molar-refractivity contribution in [2.75, 3.05) is 20.2 Å². The van der Waals surface area contributed by atoms with Crippen molar-refractivity contribution < 1.29 is 4.74 Å². The van der Waals surface area contributed by atoms with Gasteiger partial charge in [-0.1, -0.05) is 0 Å². The molecule has 64 valence electrons. The maximum atomic E-state index is 5.71. The molecular weight excluding hydrogens is 142 g/mol. The molecule has 0 aromatic carbocycles. The molecule has 11 heavy (non-hydrogen) atoms. The molecule has 0 saturated carbocycles. The molecule has 2 heterocycles. The maximum absolute atomic E-state index is 5.71. The van der Waals surface area contributed by atoms with E-state index in [2.05, 4.69) is 5.32 Å². The van der Waals surface area contributed by atoms with E-state index in [0.29, 0.717) is 18.2 Å². The Bertz CT molecular complexity index is 153. The number of rotatable bonds is 1. The van der Waals surface area contributed by atoms with Crippen molar-refractivity contribution in [1.29, 1.82) is 0 Å². The number of piperazine rings is 1. The molecule has 0 radical (unpaired) electrons. The molecule has 2 rings (SSSR count). The number of nitrogens with one attached hydrogen (secondary N) is 1. The molecule has 0 aromatic heterocycles. The molecule has 3 N–H and O–H groups in total. The van der Waals surface area contributed by atoms with Gasteiger partial charge in [0.25, 0.3) is 0 Å². The summed E-state index contributed by atoms with van der Waals surface area (Å²) in [6.45, 7) is 1.87. The zero-order valence-corrected chi connectivity index (χ0v) is 6.79. The highest BCUT2D eigenvalue weighted by molar-refractivity contribution is 4.97. The van der Waals surface area contributed by atoms with E-state index in [1.807, 2.05) is 5.01 Å². The molecule has 2 aliphatic heterocycles. The van der Waals surface area contributed by atoms with E-state index in [1.165, 1.54) is 0 Å². The Morgan fingerprint density at radius 3 is 3.09 bits per heavy atom. The van der Waals surface area contributed by atoms with Crippen LogP contribution in [0.3, 0.4) is 0 Å². The molecule has 2 bridgehead atoms. The lowest BCUT2D eigenvalue weighted by Crippen LogP contribution is -2.55. The summed E-state index contributed by atoms with van der Waals surface area (Å²) >= 11 is 0. The monoisotopic (exact) mass is 157 g/mol. The molecule has 2 saturated heterocycles. The van der Waals surface area contributed by atoms with Crippen LogP contribution in [0, 0.1) is 0 Å². The average molecular weight is 157 g/mol. The van der Waals surface area contributed by atoms with Crippen LogP contribution in [0.5, 0.6) is 0 Å². The number of hydrogen-bond donors (Lipinski definition) is 2. The van der Waals surface area contributed by atoms with Crippen molar-refractivity contribution in [2.45, 2.75) is 24.6 Å². The van der Waals surface area contributed by atoms with Gasteiger partial charge in [0, 0.05) is 32.3 Å². The number of ether oxygens (including phenoxy) is 1. The SMILES string of the molecule is COC1CC2CN(N)CC1N2. The largest absolute Gasteiger partial charge is 0.380 e. The van der Waals surface area contributed by atoms with Gasteiger partial charge < -0.3 is 10.1 Å². The van der Waals surface area contributed by atoms with Gasteiger partial charge in [-0.05, 0) is 6.42 Å². The second-order valence-electron chi connectivity index (χ2n) is 3.43. The molecule has 4 heteroatoms. The van der Waals surface area contributed by atoms with Crippen LogP contribution >= 0.6 is 0 Å². The highest BCUT2D eigenvalue weighted by Gasteiger charge is 2.38. The lowest BCUT2D eigenvalue weighted by Gasteiger charge is -2.29. The van der Waals surface area contributed by atoms with Crippen molar-refractivity contribution in [2.24, 2.45) is 5.84 Å². The first kappa shape index (κ1) is 7.49. The van der Waals surface area contributed by atoms with E-state index in [-0.39, 0.29) is 0 Å². The smallest absolute Gasteiger partial charge is 0.0752 e. The first-order valence-corrected chi connectivity index (χ1v) is 4.08. The van der Waals surface area contributed by atoms with E-state index in [1.54, 1.807) is 7.11 Å². The molecule has 2 fully saturated rings. The summed E-state index contributed by atoms with van der Waals surface area (Å²) in [6.07, 6.45) is 1.48. The minimum absolute atomic E-state index is 0.369. The van der Waals surface area contributed by atoms with Crippen LogP contribution < -0.4 is 11.2 Å². The van der Waals surface area contributed by atoms with Crippen LogP contribution in [0.15, 0.2) is 0 Å². The van der Waals surface area contributed by atoms with E-state index in [0.717, 1.165) is 19.5 Å². The standard InChI is InChI=1S/C7H15N3O/c1-11-7-2-5-3-10(8)4-6(7)9-5/h5-7,9H,2-4,8H2,1H3. The van der Waals surface area contributed by atoms with Crippen LogP contribution in [0.1, 0.15) is 6.42 Å². The summed E-state index contributed by atoms with van der Waals surface area (Å²) in [4.78, 5) is 0. The van der Waals surface area contributed by atoms with Crippen LogP contribution in [0.4, 0.5) is 0 Å². The fraction of sp³-hybridized carbons (Fsp3) is 1.00. The van der Waals surface area contributed by atoms with E-state index in [4.69, 9.17) is 10.6 Å². The highest BCUT2D eigenvalue weighted by atomic mass is 16.5. The third-order valence-corrected chi connectivity index (χ3v) is 2.60. The van der Waals surface area contributed by atoms with Crippen molar-refractivity contribution in [3.05, 3.63) is 0 Å². The summed E-state index contributed by atoms with van der Waals surface area (Å²) in [5, 5.41) is 5.35. The highest BCUT2D eigenvalue weighted by Crippen LogP contribution is 2.20. The zero-order chi connectivity index (χ0) is 7.84. The van der Waals surface area contributed by atoms with Crippen LogP contribution in [0.2, 0.25) is 0 Å². The topological polar surface area (TPSA) is 50.5 Å². The number of fused-ring (bicyclic) bond motifs is 2. The molecule has 0 aromatic rings. The fourth-order valence-electron chi connectivity index (χ4n) is 2.09. The van der Waals surface area contributed by atoms with Gasteiger partial charge in [-0.25, -0.2) is 5.01 Å². The second kappa shape index (κ2) is 2.71. The van der Waals surface area contributed by atoms with Gasteiger partial charge in [0.05, 0.1) is 6.10 Å². The minimum Gasteiger partial charge on any atom is -0.380 e. The van der Waals surface area contributed by atoms with Gasteiger partial charge in [0.1, 0.15) is 0 Å². The fourth-order valence-corrected chi connectivity index (χ4v) is 2.09. The number of methoxy groups -OCH3 is 1. The van der Waals surface area contributed by atoms with Crippen LogP contribution in [0.25, 0.3) is 0 Å². The normalized spacial score (nSPS) is 44.7. The molecular formula is C7H15N3O. The molecule has 0 spiro atoms. The zero-order valence-electron chi connectivity index (χ0n) is 6.79. The summed E-state index contributed by atoms with van der Waals surface area (Å²) in [5.74, 6) is 5.71. The third-order valence-electron chi connectivity index (χ3n) is 2.60. The van der Waals surface area contributed by atoms with Crippen molar-refractivity contribution in [3.63, 3.8) is 0 Å². The number of hydrazine groups is 1. The van der Waals surface area contributed by atoms with Crippen LogP contribution in [-0.2, 0) is 4.74 Å². The summed E-state index contributed by atoms with van der Waals surface area (Å²) in [6, 6.07) is 0.993. The maximum Gasteiger partial charge on any atom is 0.0752 e. The minimum atomic E-state index is 0.369. The Hall–Kier alpha value is -0.160. The Kier molecular flexibility index (Phi) is 1.85. The Morgan fingerprint density at radius 2 is 2.36 bits per heavy atom. The number of nitrogens with zero attached hydrogens (tertiary/aromatic N) is 1. The van der Waals surface area contributed by atoms with Crippen molar-refractivity contribution in [3.8, 4) is 0 Å². The third kappa shape index (κ3) is 1.27. The first-order chi connectivity index (χ1) is 5.29. The molecule has 0 aliphatic carbocycles. The second-order valence-corrected chi connectivity index (χ2v) is 3.43. The predicted octanol–water partition coefficient (Wildman–Crippen LogP) is -1.08. The van der Waals surface area contributed by atoms with Gasteiger partial charge >= 0.3 is 0 Å².